The predicted octanol–water partition coefficient (Wildman–Crippen LogP) is 3.50. The summed E-state index contributed by atoms with van der Waals surface area (Å²) in [5.74, 6) is 7.67. The lowest BCUT2D eigenvalue weighted by atomic mass is 10.1. The lowest BCUT2D eigenvalue weighted by molar-refractivity contribution is 0.0793. The molecular formula is C21H23N5OS. The maximum Gasteiger partial charge on any atom is 0.253 e. The molecule has 2 aromatic carbocycles. The number of carbonyl (C=O) groups excluding carboxylic acids is 1. The van der Waals surface area contributed by atoms with E-state index in [1.54, 1.807) is 0 Å². The Morgan fingerprint density at radius 1 is 1.04 bits per heavy atom. The van der Waals surface area contributed by atoms with Crippen LogP contribution in [0, 0.1) is 6.92 Å². The minimum absolute atomic E-state index is 0.126. The molecule has 0 saturated carbocycles. The van der Waals surface area contributed by atoms with E-state index in [1.165, 1.54) is 22.0 Å². The zero-order chi connectivity index (χ0) is 19.5. The fraction of sp³-hybridized carbons (Fsp3) is 0.286. The molecule has 1 amide bonds. The Morgan fingerprint density at radius 2 is 1.71 bits per heavy atom. The number of carbonyl (C=O) groups is 1. The monoisotopic (exact) mass is 393 g/mol. The molecule has 0 spiro atoms. The van der Waals surface area contributed by atoms with Crippen molar-refractivity contribution < 1.29 is 4.79 Å². The number of amides is 1. The Balaban J connectivity index is 1.40. The number of benzene rings is 2. The first kappa shape index (κ1) is 18.6. The first-order valence-corrected chi connectivity index (χ1v) is 10.4. The molecule has 1 aliphatic heterocycles. The molecule has 0 aliphatic carbocycles. The Labute approximate surface area is 168 Å². The van der Waals surface area contributed by atoms with Crippen molar-refractivity contribution in [3.8, 4) is 11.4 Å². The maximum absolute atomic E-state index is 12.4. The van der Waals surface area contributed by atoms with E-state index in [-0.39, 0.29) is 5.91 Å². The van der Waals surface area contributed by atoms with Crippen molar-refractivity contribution in [3.05, 3.63) is 65.2 Å². The Kier molecular flexibility index (Phi) is 5.34. The van der Waals surface area contributed by atoms with Crippen LogP contribution in [-0.2, 0) is 5.75 Å². The van der Waals surface area contributed by atoms with Gasteiger partial charge >= 0.3 is 0 Å². The second kappa shape index (κ2) is 8.06. The van der Waals surface area contributed by atoms with Gasteiger partial charge in [0.05, 0.1) is 0 Å². The van der Waals surface area contributed by atoms with Crippen molar-refractivity contribution >= 4 is 17.7 Å². The van der Waals surface area contributed by atoms with Gasteiger partial charge in [0.2, 0.25) is 5.16 Å². The zero-order valence-corrected chi connectivity index (χ0v) is 16.7. The van der Waals surface area contributed by atoms with E-state index >= 15 is 0 Å². The molecule has 1 fully saturated rings. The van der Waals surface area contributed by atoms with Gasteiger partial charge in [-0.1, -0.05) is 53.7 Å². The van der Waals surface area contributed by atoms with Crippen molar-refractivity contribution in [2.24, 2.45) is 0 Å². The minimum Gasteiger partial charge on any atom is -0.339 e. The summed E-state index contributed by atoms with van der Waals surface area (Å²) in [6, 6.07) is 15.8. The molecule has 0 bridgehead atoms. The number of aromatic nitrogens is 3. The summed E-state index contributed by atoms with van der Waals surface area (Å²) in [5, 5.41) is 9.10. The summed E-state index contributed by atoms with van der Waals surface area (Å²) in [7, 11) is 0. The van der Waals surface area contributed by atoms with Gasteiger partial charge in [-0.2, -0.15) is 0 Å². The van der Waals surface area contributed by atoms with Crippen LogP contribution in [-0.4, -0.2) is 38.8 Å². The van der Waals surface area contributed by atoms with Crippen molar-refractivity contribution in [2.75, 3.05) is 18.9 Å². The largest absolute Gasteiger partial charge is 0.339 e. The second-order valence-electron chi connectivity index (χ2n) is 7.03. The quantitative estimate of drug-likeness (QED) is 0.530. The first-order chi connectivity index (χ1) is 13.6. The van der Waals surface area contributed by atoms with E-state index in [9.17, 15) is 4.79 Å². The molecule has 1 aromatic heterocycles. The average molecular weight is 394 g/mol. The van der Waals surface area contributed by atoms with Crippen molar-refractivity contribution in [1.29, 1.82) is 0 Å². The molecule has 2 heterocycles. The van der Waals surface area contributed by atoms with Crippen LogP contribution >= 0.6 is 11.8 Å². The van der Waals surface area contributed by atoms with Gasteiger partial charge in [0.15, 0.2) is 5.82 Å². The Hall–Kier alpha value is -2.80. The Bertz CT molecular complexity index is 959. The lowest BCUT2D eigenvalue weighted by Gasteiger charge is -2.15. The molecule has 1 aliphatic rings. The highest BCUT2D eigenvalue weighted by Gasteiger charge is 2.19. The number of hydrogen-bond acceptors (Lipinski definition) is 5. The second-order valence-corrected chi connectivity index (χ2v) is 7.97. The van der Waals surface area contributed by atoms with Gasteiger partial charge in [-0.05, 0) is 37.5 Å². The summed E-state index contributed by atoms with van der Waals surface area (Å²) < 4.78 is 1.53. The average Bonchev–Trinajstić information content (AvgIpc) is 3.37. The van der Waals surface area contributed by atoms with Crippen LogP contribution in [0.15, 0.2) is 53.7 Å². The van der Waals surface area contributed by atoms with Crippen LogP contribution < -0.4 is 5.84 Å². The SMILES string of the molecule is Cc1ccc(-c2nnc(SCc3ccc(C(=O)N4CCCC4)cc3)n2N)cc1. The number of thioether (sulfide) groups is 1. The van der Waals surface area contributed by atoms with Gasteiger partial charge in [-0.25, -0.2) is 4.68 Å². The summed E-state index contributed by atoms with van der Waals surface area (Å²) in [6.45, 7) is 3.78. The molecule has 0 unspecified atom stereocenters. The summed E-state index contributed by atoms with van der Waals surface area (Å²) >= 11 is 1.53. The third-order valence-corrected chi connectivity index (χ3v) is 5.95. The normalized spacial score (nSPS) is 13.8. The third kappa shape index (κ3) is 3.89. The lowest BCUT2D eigenvalue weighted by Crippen LogP contribution is -2.27. The van der Waals surface area contributed by atoms with Crippen LogP contribution in [0.25, 0.3) is 11.4 Å². The molecule has 3 aromatic rings. The number of likely N-dealkylation sites (tertiary alicyclic amines) is 1. The van der Waals surface area contributed by atoms with Gasteiger partial charge in [-0.15, -0.1) is 10.2 Å². The number of nitrogens with two attached hydrogens (primary N) is 1. The standard InChI is InChI=1S/C21H23N5OS/c1-15-4-8-17(9-5-15)19-23-24-21(26(19)22)28-14-16-6-10-18(11-7-16)20(27)25-12-2-3-13-25/h4-11H,2-3,12-14,22H2,1H3. The number of nitrogen functional groups attached to an aromatic ring is 1. The van der Waals surface area contributed by atoms with E-state index in [1.807, 2.05) is 60.4 Å². The summed E-state index contributed by atoms with van der Waals surface area (Å²) in [6.07, 6.45) is 2.20. The van der Waals surface area contributed by atoms with Crippen LogP contribution in [0.3, 0.4) is 0 Å². The van der Waals surface area contributed by atoms with Gasteiger partial charge in [0.1, 0.15) is 0 Å². The third-order valence-electron chi connectivity index (χ3n) is 4.94. The molecule has 144 valence electrons. The van der Waals surface area contributed by atoms with Gasteiger partial charge in [0.25, 0.3) is 5.91 Å². The molecule has 28 heavy (non-hydrogen) atoms. The Morgan fingerprint density at radius 3 is 2.39 bits per heavy atom. The highest BCUT2D eigenvalue weighted by atomic mass is 32.2. The first-order valence-electron chi connectivity index (χ1n) is 9.40. The highest BCUT2D eigenvalue weighted by molar-refractivity contribution is 7.98. The van der Waals surface area contributed by atoms with Crippen molar-refractivity contribution in [1.82, 2.24) is 19.8 Å². The van der Waals surface area contributed by atoms with Crippen LogP contribution in [0.4, 0.5) is 0 Å². The number of nitrogens with zero attached hydrogens (tertiary/aromatic N) is 4. The van der Waals surface area contributed by atoms with E-state index in [4.69, 9.17) is 5.84 Å². The van der Waals surface area contributed by atoms with Crippen molar-refractivity contribution in [2.45, 2.75) is 30.7 Å². The van der Waals surface area contributed by atoms with Gasteiger partial charge in [-0.3, -0.25) is 4.79 Å². The maximum atomic E-state index is 12.4. The predicted molar refractivity (Wildman–Crippen MR) is 111 cm³/mol. The fourth-order valence-electron chi connectivity index (χ4n) is 3.27. The molecule has 2 N–H and O–H groups in total. The number of aryl methyl sites for hydroxylation is 1. The molecule has 4 rings (SSSR count). The van der Waals surface area contributed by atoms with Crippen molar-refractivity contribution in [3.63, 3.8) is 0 Å². The van der Waals surface area contributed by atoms with Crippen LogP contribution in [0.2, 0.25) is 0 Å². The van der Waals surface area contributed by atoms with Gasteiger partial charge in [0, 0.05) is 30.0 Å². The summed E-state index contributed by atoms with van der Waals surface area (Å²) in [4.78, 5) is 14.3. The molecule has 0 atom stereocenters. The molecule has 0 radical (unpaired) electrons. The topological polar surface area (TPSA) is 77.0 Å². The van der Waals surface area contributed by atoms with E-state index in [2.05, 4.69) is 10.2 Å². The van der Waals surface area contributed by atoms with E-state index in [0.29, 0.717) is 16.7 Å². The molecular weight excluding hydrogens is 370 g/mol. The zero-order valence-electron chi connectivity index (χ0n) is 15.8. The van der Waals surface area contributed by atoms with Crippen LogP contribution in [0.5, 0.6) is 0 Å². The van der Waals surface area contributed by atoms with E-state index < -0.39 is 0 Å². The van der Waals surface area contributed by atoms with Gasteiger partial charge < -0.3 is 10.7 Å². The minimum atomic E-state index is 0.126. The summed E-state index contributed by atoms with van der Waals surface area (Å²) in [5.41, 5.74) is 3.99. The number of rotatable bonds is 5. The highest BCUT2D eigenvalue weighted by Crippen LogP contribution is 2.25. The molecule has 1 saturated heterocycles. The molecule has 6 nitrogen and oxygen atoms in total. The smallest absolute Gasteiger partial charge is 0.253 e. The molecule has 7 heteroatoms. The number of hydrogen-bond donors (Lipinski definition) is 1. The van der Waals surface area contributed by atoms with Crippen LogP contribution in [0.1, 0.15) is 34.3 Å². The van der Waals surface area contributed by atoms with E-state index in [0.717, 1.165) is 42.6 Å². The fourth-order valence-corrected chi connectivity index (χ4v) is 4.08.